The van der Waals surface area contributed by atoms with E-state index in [4.69, 9.17) is 0 Å². The Labute approximate surface area is 69.8 Å². The Balaban J connectivity index is 0. The summed E-state index contributed by atoms with van der Waals surface area (Å²) in [6, 6.07) is 0. The van der Waals surface area contributed by atoms with Crippen LogP contribution in [0.5, 0.6) is 0 Å². The van der Waals surface area contributed by atoms with Gasteiger partial charge in [-0.3, -0.25) is 0 Å². The fourth-order valence-corrected chi connectivity index (χ4v) is 0.532. The molecule has 1 heteroatoms. The molecule has 0 aromatic rings. The molecule has 0 nitrogen and oxygen atoms in total. The summed E-state index contributed by atoms with van der Waals surface area (Å²) in [4.78, 5) is 0.859. The number of allylic oxidation sites excluding steroid dienone is 3. The Kier molecular flexibility index (Phi) is 10.5. The lowest BCUT2D eigenvalue weighted by molar-refractivity contribution is 1.50. The predicted octanol–water partition coefficient (Wildman–Crippen LogP) is 3.59. The summed E-state index contributed by atoms with van der Waals surface area (Å²) < 4.78 is 0. The van der Waals surface area contributed by atoms with E-state index in [2.05, 4.69) is 25.8 Å². The van der Waals surface area contributed by atoms with Crippen molar-refractivity contribution in [1.29, 1.82) is 0 Å². The van der Waals surface area contributed by atoms with Gasteiger partial charge < -0.3 is 0 Å². The van der Waals surface area contributed by atoms with Gasteiger partial charge in [0.2, 0.25) is 0 Å². The maximum atomic E-state index is 4.05. The third-order valence-corrected chi connectivity index (χ3v) is 0.915. The van der Waals surface area contributed by atoms with E-state index >= 15 is 0 Å². The van der Waals surface area contributed by atoms with Crippen LogP contribution in [0.2, 0.25) is 0 Å². The van der Waals surface area contributed by atoms with Crippen molar-refractivity contribution in [3.05, 3.63) is 35.8 Å². The van der Waals surface area contributed by atoms with E-state index < -0.39 is 0 Å². The third kappa shape index (κ3) is 10.5. The predicted molar refractivity (Wildman–Crippen MR) is 53.4 cm³/mol. The first kappa shape index (κ1) is 12.3. The summed E-state index contributed by atoms with van der Waals surface area (Å²) in [6.07, 6.45) is 3.54. The lowest BCUT2D eigenvalue weighted by Crippen LogP contribution is -1.63. The normalized spacial score (nSPS) is 9.40. The molecule has 0 aromatic heterocycles. The second kappa shape index (κ2) is 8.57. The van der Waals surface area contributed by atoms with Gasteiger partial charge in [0.05, 0.1) is 0 Å². The maximum absolute atomic E-state index is 4.05. The van der Waals surface area contributed by atoms with Crippen LogP contribution in [0.4, 0.5) is 0 Å². The van der Waals surface area contributed by atoms with E-state index in [0.717, 1.165) is 10.5 Å². The third-order valence-electron chi connectivity index (χ3n) is 0.603. The summed E-state index contributed by atoms with van der Waals surface area (Å²) in [6.45, 7) is 13.1. The zero-order chi connectivity index (χ0) is 8.57. The van der Waals surface area contributed by atoms with Crippen molar-refractivity contribution in [2.24, 2.45) is 0 Å². The zero-order valence-corrected chi connectivity index (χ0v) is 7.91. The van der Waals surface area contributed by atoms with Gasteiger partial charge in [-0.2, -0.15) is 0 Å². The summed E-state index contributed by atoms with van der Waals surface area (Å²) in [5.41, 5.74) is 0.995. The van der Waals surface area contributed by atoms with Crippen LogP contribution in [0.3, 0.4) is 0 Å². The minimum atomic E-state index is 0.859. The molecule has 0 unspecified atom stereocenters. The molecule has 58 valence electrons. The van der Waals surface area contributed by atoms with Crippen LogP contribution in [-0.4, -0.2) is 0 Å². The molecule has 0 aliphatic heterocycles. The molecule has 0 bridgehead atoms. The number of hydrogen-bond acceptors (Lipinski definition) is 1. The largest absolute Gasteiger partial charge is 0.143 e. The molecule has 0 spiro atoms. The number of thiol groups is 1. The van der Waals surface area contributed by atoms with Crippen molar-refractivity contribution in [3.63, 3.8) is 0 Å². The molecule has 0 saturated heterocycles. The van der Waals surface area contributed by atoms with Crippen molar-refractivity contribution < 1.29 is 0 Å². The Morgan fingerprint density at radius 2 is 1.80 bits per heavy atom. The molecule has 0 saturated carbocycles. The van der Waals surface area contributed by atoms with E-state index in [9.17, 15) is 0 Å². The Morgan fingerprint density at radius 3 is 1.90 bits per heavy atom. The molecule has 0 fully saturated rings. The molecular weight excluding hydrogens is 140 g/mol. The molecular formula is C9H16S. The summed E-state index contributed by atoms with van der Waals surface area (Å²) in [7, 11) is 0. The Hall–Kier alpha value is -0.430. The fraction of sp³-hybridized carbons (Fsp3) is 0.333. The molecule has 0 aliphatic rings. The molecule has 0 rings (SSSR count). The van der Waals surface area contributed by atoms with Gasteiger partial charge in [0.15, 0.2) is 0 Å². The van der Waals surface area contributed by atoms with Gasteiger partial charge in [-0.15, -0.1) is 12.6 Å². The number of rotatable bonds is 2. The first-order chi connectivity index (χ1) is 4.66. The number of hydrogen-bond donors (Lipinski definition) is 1. The Bertz CT molecular complexity index is 132. The van der Waals surface area contributed by atoms with Crippen LogP contribution in [0.25, 0.3) is 0 Å². The van der Waals surface area contributed by atoms with Crippen molar-refractivity contribution in [3.8, 4) is 0 Å². The van der Waals surface area contributed by atoms with Crippen LogP contribution in [0, 0.1) is 0 Å². The monoisotopic (exact) mass is 156 g/mol. The highest BCUT2D eigenvalue weighted by atomic mass is 32.1. The lowest BCUT2D eigenvalue weighted by atomic mass is 10.3. The first-order valence-electron chi connectivity index (χ1n) is 3.35. The second-order valence-electron chi connectivity index (χ2n) is 1.62. The van der Waals surface area contributed by atoms with Gasteiger partial charge in [0, 0.05) is 4.91 Å². The van der Waals surface area contributed by atoms with Crippen molar-refractivity contribution >= 4 is 12.6 Å². The lowest BCUT2D eigenvalue weighted by Gasteiger charge is -1.86. The van der Waals surface area contributed by atoms with Crippen molar-refractivity contribution in [1.82, 2.24) is 0 Å². The van der Waals surface area contributed by atoms with Crippen LogP contribution in [-0.2, 0) is 0 Å². The first-order valence-corrected chi connectivity index (χ1v) is 3.80. The molecule has 0 amide bonds. The zero-order valence-electron chi connectivity index (χ0n) is 7.02. The minimum absolute atomic E-state index is 0.859. The van der Waals surface area contributed by atoms with Crippen molar-refractivity contribution in [2.75, 3.05) is 0 Å². The van der Waals surface area contributed by atoms with Gasteiger partial charge in [-0.25, -0.2) is 0 Å². The van der Waals surface area contributed by atoms with Gasteiger partial charge in [0.1, 0.15) is 0 Å². The average Bonchev–Trinajstić information content (AvgIpc) is 1.91. The van der Waals surface area contributed by atoms with Gasteiger partial charge in [-0.05, 0) is 13.0 Å². The molecule has 0 radical (unpaired) electrons. The van der Waals surface area contributed by atoms with E-state index in [1.54, 1.807) is 6.08 Å². The quantitative estimate of drug-likeness (QED) is 0.458. The summed E-state index contributed by atoms with van der Waals surface area (Å²) in [5.74, 6) is 0. The topological polar surface area (TPSA) is 0 Å². The van der Waals surface area contributed by atoms with E-state index in [1.807, 2.05) is 26.8 Å². The molecule has 0 atom stereocenters. The van der Waals surface area contributed by atoms with Crippen LogP contribution in [0.1, 0.15) is 20.8 Å². The Morgan fingerprint density at radius 1 is 1.40 bits per heavy atom. The fourth-order valence-electron chi connectivity index (χ4n) is 0.311. The summed E-state index contributed by atoms with van der Waals surface area (Å²) in [5, 5.41) is 0. The molecule has 0 aromatic carbocycles. The minimum Gasteiger partial charge on any atom is -0.143 e. The van der Waals surface area contributed by atoms with E-state index in [-0.39, 0.29) is 0 Å². The molecule has 10 heavy (non-hydrogen) atoms. The van der Waals surface area contributed by atoms with Crippen LogP contribution < -0.4 is 0 Å². The second-order valence-corrected chi connectivity index (χ2v) is 2.14. The maximum Gasteiger partial charge on any atom is 0.00365 e. The van der Waals surface area contributed by atoms with Crippen molar-refractivity contribution in [2.45, 2.75) is 20.8 Å². The highest BCUT2D eigenvalue weighted by Crippen LogP contribution is 2.03. The molecule has 0 N–H and O–H groups in total. The van der Waals surface area contributed by atoms with E-state index in [0.29, 0.717) is 0 Å². The summed E-state index contributed by atoms with van der Waals surface area (Å²) >= 11 is 4.05. The highest BCUT2D eigenvalue weighted by molar-refractivity contribution is 7.84. The van der Waals surface area contributed by atoms with Gasteiger partial charge in [-0.1, -0.05) is 38.7 Å². The highest BCUT2D eigenvalue weighted by Gasteiger charge is 1.78. The van der Waals surface area contributed by atoms with Crippen LogP contribution in [0.15, 0.2) is 35.8 Å². The van der Waals surface area contributed by atoms with Gasteiger partial charge >= 0.3 is 0 Å². The van der Waals surface area contributed by atoms with E-state index in [1.165, 1.54) is 0 Å². The molecule has 0 aliphatic carbocycles. The smallest absolute Gasteiger partial charge is 0.00365 e. The SMILES string of the molecule is C=C/C(S)=C\C(=C)C.CC. The van der Waals surface area contributed by atoms with Crippen LogP contribution >= 0.6 is 12.6 Å². The molecule has 0 heterocycles. The standard InChI is InChI=1S/C7H10S.C2H6/c1-4-7(8)5-6(2)3;1-2/h4-5,8H,1-2H2,3H3;1-2H3/b7-5+;. The van der Waals surface area contributed by atoms with Gasteiger partial charge in [0.25, 0.3) is 0 Å². The average molecular weight is 156 g/mol.